The largest absolute Gasteiger partial charge is 0.361 e. The Morgan fingerprint density at radius 3 is 2.48 bits per heavy atom. The molecule has 1 aromatic carbocycles. The van der Waals surface area contributed by atoms with E-state index in [1.54, 1.807) is 11.1 Å². The number of carbonyl (C=O) groups excluding carboxylic acids is 1. The third-order valence-electron chi connectivity index (χ3n) is 4.91. The van der Waals surface area contributed by atoms with E-state index >= 15 is 0 Å². The number of likely N-dealkylation sites (tertiary alicyclic amines) is 1. The molecule has 0 bridgehead atoms. The van der Waals surface area contributed by atoms with E-state index < -0.39 is 0 Å². The summed E-state index contributed by atoms with van der Waals surface area (Å²) in [6.07, 6.45) is 8.02. The molecule has 0 spiro atoms. The fourth-order valence-corrected chi connectivity index (χ4v) is 3.41. The molecule has 1 aromatic heterocycles. The van der Waals surface area contributed by atoms with Gasteiger partial charge >= 0.3 is 0 Å². The molecule has 2 fully saturated rings. The van der Waals surface area contributed by atoms with Gasteiger partial charge in [0.25, 0.3) is 5.91 Å². The number of hydrogen-bond acceptors (Lipinski definition) is 1. The Balaban J connectivity index is 1.50. The Labute approximate surface area is 124 Å². The first-order valence-corrected chi connectivity index (χ1v) is 7.87. The average molecular weight is 280 g/mol. The number of allylic oxidation sites excluding steroid dienone is 1. The number of carbonyl (C=O) groups is 1. The minimum Gasteiger partial charge on any atom is -0.361 e. The van der Waals surface area contributed by atoms with Crippen molar-refractivity contribution in [3.8, 4) is 0 Å². The normalized spacial score (nSPS) is 19.0. The van der Waals surface area contributed by atoms with E-state index in [0.717, 1.165) is 42.4 Å². The summed E-state index contributed by atoms with van der Waals surface area (Å²) in [7, 11) is 0. The average Bonchev–Trinajstić information content (AvgIpc) is 2.93. The van der Waals surface area contributed by atoms with Gasteiger partial charge in [-0.15, -0.1) is 0 Å². The summed E-state index contributed by atoms with van der Waals surface area (Å²) in [5.41, 5.74) is 5.20. The van der Waals surface area contributed by atoms with Crippen LogP contribution in [0.5, 0.6) is 0 Å². The summed E-state index contributed by atoms with van der Waals surface area (Å²) in [5.74, 6) is 0.177. The molecule has 1 amide bonds. The van der Waals surface area contributed by atoms with Crippen LogP contribution in [0.25, 0.3) is 10.9 Å². The molecule has 108 valence electrons. The van der Waals surface area contributed by atoms with Crippen LogP contribution in [-0.4, -0.2) is 28.9 Å². The molecule has 3 nitrogen and oxygen atoms in total. The van der Waals surface area contributed by atoms with Crippen molar-refractivity contribution in [2.75, 3.05) is 13.1 Å². The SMILES string of the molecule is O=C(c1ccc2[nH]ccc2c1)N1CCC(=C2CCC2)CC1. The van der Waals surface area contributed by atoms with E-state index in [1.165, 1.54) is 19.3 Å². The first kappa shape index (κ1) is 12.7. The number of piperidine rings is 1. The third-order valence-corrected chi connectivity index (χ3v) is 4.91. The van der Waals surface area contributed by atoms with Gasteiger partial charge in [0.15, 0.2) is 0 Å². The molecule has 1 saturated heterocycles. The Hall–Kier alpha value is -2.03. The van der Waals surface area contributed by atoms with E-state index in [-0.39, 0.29) is 5.91 Å². The van der Waals surface area contributed by atoms with Crippen LogP contribution in [0.15, 0.2) is 41.6 Å². The zero-order valence-electron chi connectivity index (χ0n) is 12.2. The minimum absolute atomic E-state index is 0.177. The molecule has 2 heterocycles. The predicted octanol–water partition coefficient (Wildman–Crippen LogP) is 3.88. The van der Waals surface area contributed by atoms with Gasteiger partial charge in [-0.3, -0.25) is 4.79 Å². The molecule has 4 rings (SSSR count). The summed E-state index contributed by atoms with van der Waals surface area (Å²) in [4.78, 5) is 17.8. The lowest BCUT2D eigenvalue weighted by Crippen LogP contribution is -2.36. The number of amides is 1. The van der Waals surface area contributed by atoms with Gasteiger partial charge in [-0.2, -0.15) is 0 Å². The maximum atomic E-state index is 12.6. The van der Waals surface area contributed by atoms with Gasteiger partial charge in [-0.25, -0.2) is 0 Å². The van der Waals surface area contributed by atoms with Crippen molar-refractivity contribution in [2.45, 2.75) is 32.1 Å². The Kier molecular flexibility index (Phi) is 3.06. The lowest BCUT2D eigenvalue weighted by Gasteiger charge is -2.32. The quantitative estimate of drug-likeness (QED) is 0.791. The molecule has 21 heavy (non-hydrogen) atoms. The number of nitrogens with one attached hydrogen (secondary N) is 1. The van der Waals surface area contributed by atoms with Crippen molar-refractivity contribution in [1.82, 2.24) is 9.88 Å². The van der Waals surface area contributed by atoms with E-state index in [1.807, 2.05) is 35.4 Å². The summed E-state index contributed by atoms with van der Waals surface area (Å²) in [6.45, 7) is 1.76. The zero-order chi connectivity index (χ0) is 14.2. The topological polar surface area (TPSA) is 36.1 Å². The van der Waals surface area contributed by atoms with Crippen molar-refractivity contribution < 1.29 is 4.79 Å². The van der Waals surface area contributed by atoms with Gasteiger partial charge in [0, 0.05) is 35.8 Å². The van der Waals surface area contributed by atoms with Crippen molar-refractivity contribution in [3.63, 3.8) is 0 Å². The molecule has 1 saturated carbocycles. The molecule has 3 heteroatoms. The van der Waals surface area contributed by atoms with Crippen LogP contribution in [-0.2, 0) is 0 Å². The number of aromatic amines is 1. The third kappa shape index (κ3) is 2.27. The van der Waals surface area contributed by atoms with Crippen molar-refractivity contribution in [3.05, 3.63) is 47.2 Å². The fraction of sp³-hybridized carbons (Fsp3) is 0.389. The van der Waals surface area contributed by atoms with Crippen LogP contribution in [0.2, 0.25) is 0 Å². The van der Waals surface area contributed by atoms with Gasteiger partial charge in [0.1, 0.15) is 0 Å². The molecular weight excluding hydrogens is 260 g/mol. The highest BCUT2D eigenvalue weighted by Gasteiger charge is 2.23. The van der Waals surface area contributed by atoms with Crippen LogP contribution >= 0.6 is 0 Å². The van der Waals surface area contributed by atoms with Crippen LogP contribution in [0.3, 0.4) is 0 Å². The van der Waals surface area contributed by atoms with Crippen LogP contribution in [0.1, 0.15) is 42.5 Å². The van der Waals surface area contributed by atoms with E-state index in [0.29, 0.717) is 0 Å². The molecule has 0 radical (unpaired) electrons. The number of fused-ring (bicyclic) bond motifs is 1. The summed E-state index contributed by atoms with van der Waals surface area (Å²) in [6, 6.07) is 7.94. The number of aromatic nitrogens is 1. The molecule has 2 aliphatic rings. The van der Waals surface area contributed by atoms with Gasteiger partial charge in [-0.05, 0) is 56.4 Å². The summed E-state index contributed by atoms with van der Waals surface area (Å²) >= 11 is 0. The number of rotatable bonds is 1. The van der Waals surface area contributed by atoms with Crippen LogP contribution < -0.4 is 0 Å². The minimum atomic E-state index is 0.177. The van der Waals surface area contributed by atoms with Crippen LogP contribution in [0, 0.1) is 0 Å². The number of H-pyrrole nitrogens is 1. The molecule has 1 aliphatic carbocycles. The summed E-state index contributed by atoms with van der Waals surface area (Å²) < 4.78 is 0. The van der Waals surface area contributed by atoms with E-state index in [2.05, 4.69) is 4.98 Å². The zero-order valence-corrected chi connectivity index (χ0v) is 12.2. The van der Waals surface area contributed by atoms with Crippen molar-refractivity contribution >= 4 is 16.8 Å². The standard InChI is InChI=1S/C18H20N2O/c21-18(16-4-5-17-15(12-16)6-9-19-17)20-10-7-14(8-11-20)13-2-1-3-13/h4-6,9,12,19H,1-3,7-8,10-11H2. The number of hydrogen-bond donors (Lipinski definition) is 1. The molecular formula is C18H20N2O. The lowest BCUT2D eigenvalue weighted by molar-refractivity contribution is 0.0743. The fourth-order valence-electron chi connectivity index (χ4n) is 3.41. The predicted molar refractivity (Wildman–Crippen MR) is 84.3 cm³/mol. The molecule has 2 aromatic rings. The van der Waals surface area contributed by atoms with Gasteiger partial charge in [0.05, 0.1) is 0 Å². The highest BCUT2D eigenvalue weighted by molar-refractivity contribution is 5.98. The Morgan fingerprint density at radius 2 is 1.76 bits per heavy atom. The highest BCUT2D eigenvalue weighted by Crippen LogP contribution is 2.33. The Morgan fingerprint density at radius 1 is 1.00 bits per heavy atom. The second-order valence-corrected chi connectivity index (χ2v) is 6.13. The molecule has 1 N–H and O–H groups in total. The number of nitrogens with zero attached hydrogens (tertiary/aromatic N) is 1. The highest BCUT2D eigenvalue weighted by atomic mass is 16.2. The van der Waals surface area contributed by atoms with Gasteiger partial charge in [0.2, 0.25) is 0 Å². The maximum Gasteiger partial charge on any atom is 0.253 e. The molecule has 1 aliphatic heterocycles. The maximum absolute atomic E-state index is 12.6. The molecule has 0 unspecified atom stereocenters. The Bertz CT molecular complexity index is 710. The van der Waals surface area contributed by atoms with Crippen molar-refractivity contribution in [1.29, 1.82) is 0 Å². The lowest BCUT2D eigenvalue weighted by atomic mass is 9.84. The monoisotopic (exact) mass is 280 g/mol. The molecule has 0 atom stereocenters. The second kappa shape index (κ2) is 5.06. The van der Waals surface area contributed by atoms with E-state index in [9.17, 15) is 4.79 Å². The van der Waals surface area contributed by atoms with Gasteiger partial charge in [-0.1, -0.05) is 11.1 Å². The first-order valence-electron chi connectivity index (χ1n) is 7.87. The summed E-state index contributed by atoms with van der Waals surface area (Å²) in [5, 5.41) is 1.11. The van der Waals surface area contributed by atoms with Crippen molar-refractivity contribution in [2.24, 2.45) is 0 Å². The van der Waals surface area contributed by atoms with E-state index in [4.69, 9.17) is 0 Å². The first-order chi connectivity index (χ1) is 10.3. The van der Waals surface area contributed by atoms with Gasteiger partial charge < -0.3 is 9.88 Å². The second-order valence-electron chi connectivity index (χ2n) is 6.13. The number of benzene rings is 1. The smallest absolute Gasteiger partial charge is 0.253 e. The van der Waals surface area contributed by atoms with Crippen LogP contribution in [0.4, 0.5) is 0 Å².